The summed E-state index contributed by atoms with van der Waals surface area (Å²) in [4.78, 5) is 28.5. The van der Waals surface area contributed by atoms with Gasteiger partial charge in [0.2, 0.25) is 11.8 Å². The molecule has 30 heavy (non-hydrogen) atoms. The number of rotatable bonds is 8. The topological polar surface area (TPSA) is 75.4 Å². The molecule has 2 aliphatic carbocycles. The molecule has 0 aromatic heterocycles. The molecule has 2 saturated carbocycles. The molecule has 3 rings (SSSR count). The Hall–Kier alpha value is -1.88. The molecule has 5 heteroatoms. The Morgan fingerprint density at radius 3 is 2.27 bits per heavy atom. The number of carbonyl (C=O) groups excluding carboxylic acids is 2. The normalized spacial score (nSPS) is 27.3. The van der Waals surface area contributed by atoms with Gasteiger partial charge in [-0.3, -0.25) is 9.59 Å². The first-order valence-corrected chi connectivity index (χ1v) is 11.7. The van der Waals surface area contributed by atoms with Crippen molar-refractivity contribution >= 4 is 11.8 Å². The van der Waals surface area contributed by atoms with Crippen LogP contribution in [0.4, 0.5) is 0 Å². The summed E-state index contributed by atoms with van der Waals surface area (Å²) in [5.41, 5.74) is 7.39. The molecule has 6 atom stereocenters. The van der Waals surface area contributed by atoms with Crippen LogP contribution in [0.1, 0.15) is 65.4 Å². The summed E-state index contributed by atoms with van der Waals surface area (Å²) in [6, 6.07) is 9.73. The highest BCUT2D eigenvalue weighted by molar-refractivity contribution is 5.90. The van der Waals surface area contributed by atoms with Crippen LogP contribution in [0.15, 0.2) is 30.3 Å². The van der Waals surface area contributed by atoms with Gasteiger partial charge < -0.3 is 16.0 Å². The number of nitrogens with one attached hydrogen (secondary N) is 1. The van der Waals surface area contributed by atoms with Crippen LogP contribution in [-0.4, -0.2) is 41.4 Å². The molecule has 2 amide bonds. The first-order chi connectivity index (χ1) is 14.3. The van der Waals surface area contributed by atoms with Crippen LogP contribution in [0.3, 0.4) is 0 Å². The number of fused-ring (bicyclic) bond motifs is 2. The van der Waals surface area contributed by atoms with Gasteiger partial charge in [-0.2, -0.15) is 0 Å². The maximum Gasteiger partial charge on any atom is 0.245 e. The van der Waals surface area contributed by atoms with Crippen molar-refractivity contribution in [3.8, 4) is 0 Å². The summed E-state index contributed by atoms with van der Waals surface area (Å²) in [5, 5.41) is 2.98. The zero-order valence-corrected chi connectivity index (χ0v) is 19.2. The fourth-order valence-corrected chi connectivity index (χ4v) is 5.61. The summed E-state index contributed by atoms with van der Waals surface area (Å²) in [6.45, 7) is 10.6. The number of amides is 2. The van der Waals surface area contributed by atoms with E-state index in [2.05, 4.69) is 47.5 Å². The van der Waals surface area contributed by atoms with Crippen molar-refractivity contribution in [1.29, 1.82) is 0 Å². The second kappa shape index (κ2) is 9.51. The molecule has 1 aromatic rings. The van der Waals surface area contributed by atoms with E-state index in [1.165, 1.54) is 24.8 Å². The minimum absolute atomic E-state index is 0.00336. The van der Waals surface area contributed by atoms with Gasteiger partial charge in [0.1, 0.15) is 6.04 Å². The second-order valence-corrected chi connectivity index (χ2v) is 9.88. The molecular weight excluding hydrogens is 374 g/mol. The number of nitrogens with two attached hydrogens (primary N) is 1. The van der Waals surface area contributed by atoms with E-state index in [0.717, 1.165) is 0 Å². The minimum atomic E-state index is -0.603. The molecule has 2 aliphatic rings. The average Bonchev–Trinajstić information content (AvgIpc) is 3.34. The van der Waals surface area contributed by atoms with Crippen molar-refractivity contribution in [2.75, 3.05) is 6.54 Å². The highest BCUT2D eigenvalue weighted by atomic mass is 16.2. The van der Waals surface area contributed by atoms with Gasteiger partial charge >= 0.3 is 0 Å². The molecule has 0 aliphatic heterocycles. The van der Waals surface area contributed by atoms with Gasteiger partial charge in [-0.1, -0.05) is 58.0 Å². The van der Waals surface area contributed by atoms with E-state index >= 15 is 0 Å². The Morgan fingerprint density at radius 2 is 1.70 bits per heavy atom. The largest absolute Gasteiger partial charge is 0.343 e. The Bertz CT molecular complexity index is 733. The molecule has 2 bridgehead atoms. The molecular formula is C25H39N3O2. The summed E-state index contributed by atoms with van der Waals surface area (Å²) >= 11 is 0. The molecule has 4 unspecified atom stereocenters. The third kappa shape index (κ3) is 4.41. The fraction of sp³-hybridized carbons (Fsp3) is 0.680. The maximum atomic E-state index is 13.8. The van der Waals surface area contributed by atoms with Crippen molar-refractivity contribution in [2.45, 2.75) is 77.9 Å². The van der Waals surface area contributed by atoms with Crippen LogP contribution in [0, 0.1) is 23.7 Å². The highest BCUT2D eigenvalue weighted by Gasteiger charge is 2.51. The standard InChI is InChI=1S/C25H39N3O2/c1-6-28(25(30)22(16(4)5)27-24(29)21(26)15(2)3)23-19-13-12-18(14-19)20(23)17-10-8-7-9-11-17/h7-11,15-16,18-23H,6,12-14,26H2,1-5H3,(H,27,29)/t18?,19?,20?,21-,22+,23?/m0/s1. The van der Waals surface area contributed by atoms with Gasteiger partial charge in [0.15, 0.2) is 0 Å². The van der Waals surface area contributed by atoms with E-state index in [1.807, 2.05) is 27.7 Å². The Kier molecular flexibility index (Phi) is 7.22. The fourth-order valence-electron chi connectivity index (χ4n) is 5.61. The number of carbonyl (C=O) groups is 2. The predicted octanol–water partition coefficient (Wildman–Crippen LogP) is 3.54. The summed E-state index contributed by atoms with van der Waals surface area (Å²) in [5.74, 6) is 1.41. The molecule has 0 heterocycles. The van der Waals surface area contributed by atoms with E-state index in [9.17, 15) is 9.59 Å². The molecule has 3 N–H and O–H groups in total. The lowest BCUT2D eigenvalue weighted by Gasteiger charge is -2.42. The van der Waals surface area contributed by atoms with Crippen LogP contribution >= 0.6 is 0 Å². The van der Waals surface area contributed by atoms with E-state index < -0.39 is 12.1 Å². The molecule has 0 radical (unpaired) electrons. The van der Waals surface area contributed by atoms with Crippen molar-refractivity contribution in [3.63, 3.8) is 0 Å². The lowest BCUT2D eigenvalue weighted by atomic mass is 9.78. The number of hydrogen-bond donors (Lipinski definition) is 2. The number of likely N-dealkylation sites (N-methyl/N-ethyl adjacent to an activating group) is 1. The predicted molar refractivity (Wildman–Crippen MR) is 121 cm³/mol. The van der Waals surface area contributed by atoms with Crippen molar-refractivity contribution in [1.82, 2.24) is 10.2 Å². The zero-order valence-electron chi connectivity index (χ0n) is 19.2. The summed E-state index contributed by atoms with van der Waals surface area (Å²) in [7, 11) is 0. The van der Waals surface area contributed by atoms with Crippen LogP contribution in [0.2, 0.25) is 0 Å². The van der Waals surface area contributed by atoms with Gasteiger partial charge in [0.25, 0.3) is 0 Å². The molecule has 2 fully saturated rings. The van der Waals surface area contributed by atoms with Crippen LogP contribution < -0.4 is 11.1 Å². The number of benzene rings is 1. The Labute approximate surface area is 181 Å². The Morgan fingerprint density at radius 1 is 1.07 bits per heavy atom. The van der Waals surface area contributed by atoms with E-state index in [1.54, 1.807) is 0 Å². The smallest absolute Gasteiger partial charge is 0.245 e. The van der Waals surface area contributed by atoms with Crippen LogP contribution in [-0.2, 0) is 9.59 Å². The van der Waals surface area contributed by atoms with Gasteiger partial charge in [-0.25, -0.2) is 0 Å². The van der Waals surface area contributed by atoms with E-state index in [-0.39, 0.29) is 29.7 Å². The molecule has 0 saturated heterocycles. The van der Waals surface area contributed by atoms with Gasteiger partial charge in [0.05, 0.1) is 6.04 Å². The van der Waals surface area contributed by atoms with E-state index in [4.69, 9.17) is 5.73 Å². The summed E-state index contributed by atoms with van der Waals surface area (Å²) in [6.07, 6.45) is 3.64. The van der Waals surface area contributed by atoms with Crippen LogP contribution in [0.5, 0.6) is 0 Å². The van der Waals surface area contributed by atoms with Crippen molar-refractivity contribution in [2.24, 2.45) is 29.4 Å². The zero-order chi connectivity index (χ0) is 22.0. The van der Waals surface area contributed by atoms with Gasteiger partial charge in [-0.05, 0) is 55.4 Å². The maximum absolute atomic E-state index is 13.8. The SMILES string of the molecule is CCN(C(=O)[C@H](NC(=O)[C@@H](N)C(C)C)C(C)C)C1C2CCC(C2)C1c1ccccc1. The van der Waals surface area contributed by atoms with Gasteiger partial charge in [0, 0.05) is 18.5 Å². The van der Waals surface area contributed by atoms with Gasteiger partial charge in [-0.15, -0.1) is 0 Å². The third-order valence-corrected chi connectivity index (χ3v) is 7.29. The highest BCUT2D eigenvalue weighted by Crippen LogP contribution is 2.55. The number of hydrogen-bond acceptors (Lipinski definition) is 3. The number of nitrogens with zero attached hydrogens (tertiary/aromatic N) is 1. The average molecular weight is 414 g/mol. The third-order valence-electron chi connectivity index (χ3n) is 7.29. The van der Waals surface area contributed by atoms with Crippen molar-refractivity contribution in [3.05, 3.63) is 35.9 Å². The minimum Gasteiger partial charge on any atom is -0.343 e. The quantitative estimate of drug-likeness (QED) is 0.684. The molecule has 1 aromatic carbocycles. The van der Waals surface area contributed by atoms with Crippen LogP contribution in [0.25, 0.3) is 0 Å². The lowest BCUT2D eigenvalue weighted by Crippen LogP contribution is -2.58. The summed E-state index contributed by atoms with van der Waals surface area (Å²) < 4.78 is 0. The molecule has 166 valence electrons. The first-order valence-electron chi connectivity index (χ1n) is 11.7. The Balaban J connectivity index is 1.85. The second-order valence-electron chi connectivity index (χ2n) is 9.88. The monoisotopic (exact) mass is 413 g/mol. The van der Waals surface area contributed by atoms with Crippen molar-refractivity contribution < 1.29 is 9.59 Å². The molecule has 5 nitrogen and oxygen atoms in total. The molecule has 0 spiro atoms. The lowest BCUT2D eigenvalue weighted by molar-refractivity contribution is -0.141. The van der Waals surface area contributed by atoms with E-state index in [0.29, 0.717) is 24.3 Å². The first kappa shape index (κ1) is 22.8.